The molecule has 0 bridgehead atoms. The Kier molecular flexibility index (Phi) is 4.34. The molecule has 1 aliphatic heterocycles. The van der Waals surface area contributed by atoms with Crippen LogP contribution in [0.25, 0.3) is 5.69 Å². The Labute approximate surface area is 148 Å². The van der Waals surface area contributed by atoms with Crippen LogP contribution in [-0.2, 0) is 12.8 Å². The van der Waals surface area contributed by atoms with Crippen LogP contribution in [0.5, 0.6) is 0 Å². The molecule has 1 fully saturated rings. The van der Waals surface area contributed by atoms with E-state index in [0.29, 0.717) is 11.6 Å². The lowest BCUT2D eigenvalue weighted by Crippen LogP contribution is -2.40. The molecular weight excluding hydrogens is 312 g/mol. The van der Waals surface area contributed by atoms with Crippen molar-refractivity contribution in [2.24, 2.45) is 11.7 Å². The van der Waals surface area contributed by atoms with Crippen molar-refractivity contribution in [2.75, 3.05) is 19.6 Å². The van der Waals surface area contributed by atoms with Crippen molar-refractivity contribution in [1.29, 1.82) is 0 Å². The molecule has 5 heteroatoms. The fourth-order valence-corrected chi connectivity index (χ4v) is 4.03. The molecule has 1 aromatic heterocycles. The summed E-state index contributed by atoms with van der Waals surface area (Å²) in [6.45, 7) is 4.40. The van der Waals surface area contributed by atoms with Crippen molar-refractivity contribution in [1.82, 2.24) is 14.7 Å². The quantitative estimate of drug-likeness (QED) is 0.935. The molecule has 1 aromatic carbocycles. The van der Waals surface area contributed by atoms with E-state index in [9.17, 15) is 4.79 Å². The van der Waals surface area contributed by atoms with Gasteiger partial charge in [-0.25, -0.2) is 4.68 Å². The van der Waals surface area contributed by atoms with Gasteiger partial charge in [0, 0.05) is 24.3 Å². The second-order valence-electron chi connectivity index (χ2n) is 7.35. The highest BCUT2D eigenvalue weighted by atomic mass is 16.2. The maximum atomic E-state index is 13.1. The topological polar surface area (TPSA) is 64.2 Å². The number of aryl methyl sites for hydroxylation is 1. The third-order valence-corrected chi connectivity index (χ3v) is 5.65. The normalized spacial score (nSPS) is 17.8. The molecule has 2 heterocycles. The summed E-state index contributed by atoms with van der Waals surface area (Å²) in [7, 11) is 0. The van der Waals surface area contributed by atoms with E-state index in [2.05, 4.69) is 31.2 Å². The van der Waals surface area contributed by atoms with Crippen LogP contribution in [0.15, 0.2) is 24.3 Å². The van der Waals surface area contributed by atoms with Gasteiger partial charge in [0.2, 0.25) is 0 Å². The van der Waals surface area contributed by atoms with Gasteiger partial charge < -0.3 is 10.6 Å². The summed E-state index contributed by atoms with van der Waals surface area (Å²) >= 11 is 0. The lowest BCUT2D eigenvalue weighted by molar-refractivity contribution is 0.0686. The van der Waals surface area contributed by atoms with Gasteiger partial charge >= 0.3 is 0 Å². The number of benzene rings is 1. The molecule has 25 heavy (non-hydrogen) atoms. The first-order chi connectivity index (χ1) is 12.2. The van der Waals surface area contributed by atoms with Gasteiger partial charge in [0.05, 0.1) is 5.69 Å². The molecule has 0 radical (unpaired) electrons. The molecular formula is C20H26N4O. The highest BCUT2D eigenvalue weighted by Crippen LogP contribution is 2.29. The zero-order chi connectivity index (χ0) is 17.4. The van der Waals surface area contributed by atoms with Crippen LogP contribution in [-0.4, -0.2) is 40.2 Å². The van der Waals surface area contributed by atoms with E-state index in [-0.39, 0.29) is 5.91 Å². The van der Waals surface area contributed by atoms with Crippen LogP contribution in [0.4, 0.5) is 0 Å². The predicted molar refractivity (Wildman–Crippen MR) is 98.0 cm³/mol. The van der Waals surface area contributed by atoms with Crippen molar-refractivity contribution in [3.63, 3.8) is 0 Å². The molecule has 1 saturated heterocycles. The zero-order valence-corrected chi connectivity index (χ0v) is 14.9. The van der Waals surface area contributed by atoms with Gasteiger partial charge in [-0.1, -0.05) is 17.7 Å². The number of aromatic nitrogens is 2. The first-order valence-corrected chi connectivity index (χ1v) is 9.34. The molecule has 2 N–H and O–H groups in total. The Balaban J connectivity index is 1.63. The van der Waals surface area contributed by atoms with Crippen molar-refractivity contribution in [3.05, 3.63) is 46.8 Å². The van der Waals surface area contributed by atoms with Crippen molar-refractivity contribution in [3.8, 4) is 5.69 Å². The Bertz CT molecular complexity index is 770. The number of nitrogens with zero attached hydrogens (tertiary/aromatic N) is 3. The fraction of sp³-hybridized carbons (Fsp3) is 0.500. The summed E-state index contributed by atoms with van der Waals surface area (Å²) in [6, 6.07) is 8.36. The molecule has 0 atom stereocenters. The number of fused-ring (bicyclic) bond motifs is 1. The molecule has 0 unspecified atom stereocenters. The summed E-state index contributed by atoms with van der Waals surface area (Å²) in [6.07, 6.45) is 5.07. The van der Waals surface area contributed by atoms with Crippen molar-refractivity contribution < 1.29 is 4.79 Å². The third-order valence-electron chi connectivity index (χ3n) is 5.65. The first kappa shape index (κ1) is 16.3. The largest absolute Gasteiger partial charge is 0.337 e. The number of piperidine rings is 1. The number of likely N-dealkylation sites (tertiary alicyclic amines) is 1. The lowest BCUT2D eigenvalue weighted by atomic mass is 9.97. The molecule has 0 saturated carbocycles. The summed E-state index contributed by atoms with van der Waals surface area (Å²) in [5, 5.41) is 4.75. The van der Waals surface area contributed by atoms with E-state index in [1.165, 1.54) is 11.3 Å². The summed E-state index contributed by atoms with van der Waals surface area (Å²) in [4.78, 5) is 15.0. The standard InChI is InChI=1S/C20H26N4O/c1-14-5-7-16(8-6-14)24-18-4-2-3-17(18)19(22-24)20(25)23-11-9-15(13-21)10-12-23/h5-8,15H,2-4,9-13,21H2,1H3. The maximum Gasteiger partial charge on any atom is 0.274 e. The van der Waals surface area contributed by atoms with E-state index in [1.54, 1.807) is 0 Å². The molecule has 1 amide bonds. The zero-order valence-electron chi connectivity index (χ0n) is 14.9. The molecule has 132 valence electrons. The Morgan fingerprint density at radius 3 is 2.60 bits per heavy atom. The van der Waals surface area contributed by atoms with Gasteiger partial charge in [-0.05, 0) is 63.6 Å². The second-order valence-corrected chi connectivity index (χ2v) is 7.35. The van der Waals surface area contributed by atoms with Gasteiger partial charge in [-0.2, -0.15) is 5.10 Å². The third kappa shape index (κ3) is 2.97. The Morgan fingerprint density at radius 2 is 1.92 bits per heavy atom. The number of hydrogen-bond acceptors (Lipinski definition) is 3. The molecule has 0 spiro atoms. The van der Waals surface area contributed by atoms with E-state index < -0.39 is 0 Å². The summed E-state index contributed by atoms with van der Waals surface area (Å²) < 4.78 is 1.99. The Hall–Kier alpha value is -2.14. The fourth-order valence-electron chi connectivity index (χ4n) is 4.03. The van der Waals surface area contributed by atoms with Gasteiger partial charge in [0.25, 0.3) is 5.91 Å². The number of nitrogens with two attached hydrogens (primary N) is 1. The maximum absolute atomic E-state index is 13.1. The Morgan fingerprint density at radius 1 is 1.20 bits per heavy atom. The van der Waals surface area contributed by atoms with Crippen molar-refractivity contribution >= 4 is 5.91 Å². The number of rotatable bonds is 3. The van der Waals surface area contributed by atoms with Crippen LogP contribution < -0.4 is 5.73 Å². The summed E-state index contributed by atoms with van der Waals surface area (Å²) in [5.74, 6) is 0.652. The summed E-state index contributed by atoms with van der Waals surface area (Å²) in [5.41, 5.74) is 11.1. The number of carbonyl (C=O) groups excluding carboxylic acids is 1. The van der Waals surface area contributed by atoms with E-state index >= 15 is 0 Å². The average Bonchev–Trinajstić information content (AvgIpc) is 3.25. The molecule has 2 aliphatic rings. The average molecular weight is 338 g/mol. The number of carbonyl (C=O) groups is 1. The van der Waals surface area contributed by atoms with Gasteiger partial charge in [0.15, 0.2) is 5.69 Å². The minimum absolute atomic E-state index is 0.0967. The second kappa shape index (κ2) is 6.64. The lowest BCUT2D eigenvalue weighted by Gasteiger charge is -2.31. The smallest absolute Gasteiger partial charge is 0.274 e. The van der Waals surface area contributed by atoms with Crippen molar-refractivity contribution in [2.45, 2.75) is 39.0 Å². The first-order valence-electron chi connectivity index (χ1n) is 9.34. The van der Waals surface area contributed by atoms with Crippen LogP contribution in [0.3, 0.4) is 0 Å². The molecule has 4 rings (SSSR count). The minimum Gasteiger partial charge on any atom is -0.337 e. The predicted octanol–water partition coefficient (Wildman–Crippen LogP) is 2.48. The van der Waals surface area contributed by atoms with Crippen LogP contribution in [0, 0.1) is 12.8 Å². The monoisotopic (exact) mass is 338 g/mol. The SMILES string of the molecule is Cc1ccc(-n2nc(C(=O)N3CCC(CN)CC3)c3c2CCC3)cc1. The van der Waals surface area contributed by atoms with Gasteiger partial charge in [0.1, 0.15) is 0 Å². The van der Waals surface area contributed by atoms with Crippen LogP contribution in [0.2, 0.25) is 0 Å². The highest BCUT2D eigenvalue weighted by Gasteiger charge is 2.31. The van der Waals surface area contributed by atoms with Crippen LogP contribution in [0.1, 0.15) is 46.6 Å². The molecule has 1 aliphatic carbocycles. The molecule has 5 nitrogen and oxygen atoms in total. The van der Waals surface area contributed by atoms with Gasteiger partial charge in [-0.3, -0.25) is 4.79 Å². The van der Waals surface area contributed by atoms with E-state index in [0.717, 1.165) is 63.0 Å². The van der Waals surface area contributed by atoms with Gasteiger partial charge in [-0.15, -0.1) is 0 Å². The number of hydrogen-bond donors (Lipinski definition) is 1. The van der Waals surface area contributed by atoms with Crippen LogP contribution >= 0.6 is 0 Å². The highest BCUT2D eigenvalue weighted by molar-refractivity contribution is 5.94. The van der Waals surface area contributed by atoms with E-state index in [1.807, 2.05) is 9.58 Å². The van der Waals surface area contributed by atoms with E-state index in [4.69, 9.17) is 10.8 Å². The molecule has 2 aromatic rings. The minimum atomic E-state index is 0.0967. The number of amides is 1.